The van der Waals surface area contributed by atoms with Crippen LogP contribution in [0.4, 0.5) is 0 Å². The molecule has 90 valence electrons. The normalized spacial score (nSPS) is 18.7. The fourth-order valence-electron chi connectivity index (χ4n) is 1.80. The van der Waals surface area contributed by atoms with E-state index in [4.69, 9.17) is 9.84 Å². The van der Waals surface area contributed by atoms with Crippen LogP contribution in [0.1, 0.15) is 5.56 Å². The minimum atomic E-state index is -0.996. The molecule has 1 aromatic rings. The SMILES string of the molecule is O=C(O)/C=C/C1COc2c(ccc(O)c2O)C1. The molecule has 0 radical (unpaired) electrons. The van der Waals surface area contributed by atoms with Gasteiger partial charge in [0, 0.05) is 12.0 Å². The Morgan fingerprint density at radius 1 is 1.41 bits per heavy atom. The van der Waals surface area contributed by atoms with Gasteiger partial charge in [0.1, 0.15) is 0 Å². The molecule has 3 N–H and O–H groups in total. The number of fused-ring (bicyclic) bond motifs is 1. The summed E-state index contributed by atoms with van der Waals surface area (Å²) >= 11 is 0. The number of benzene rings is 1. The van der Waals surface area contributed by atoms with Crippen LogP contribution in [0.2, 0.25) is 0 Å². The van der Waals surface area contributed by atoms with Crippen molar-refractivity contribution in [1.82, 2.24) is 0 Å². The Labute approximate surface area is 97.6 Å². The van der Waals surface area contributed by atoms with Crippen molar-refractivity contribution < 1.29 is 24.9 Å². The Morgan fingerprint density at radius 2 is 2.18 bits per heavy atom. The lowest BCUT2D eigenvalue weighted by Crippen LogP contribution is -2.19. The number of aromatic hydroxyl groups is 2. The van der Waals surface area contributed by atoms with Gasteiger partial charge in [-0.05, 0) is 18.1 Å². The number of phenols is 2. The van der Waals surface area contributed by atoms with Gasteiger partial charge in [-0.1, -0.05) is 12.1 Å². The van der Waals surface area contributed by atoms with Crippen molar-refractivity contribution in [1.29, 1.82) is 0 Å². The summed E-state index contributed by atoms with van der Waals surface area (Å²) in [5.41, 5.74) is 0.756. The third-order valence-corrected chi connectivity index (χ3v) is 2.63. The number of hydrogen-bond acceptors (Lipinski definition) is 4. The molecule has 5 nitrogen and oxygen atoms in total. The molecular formula is C12H12O5. The Kier molecular flexibility index (Phi) is 2.91. The molecule has 17 heavy (non-hydrogen) atoms. The Morgan fingerprint density at radius 3 is 2.88 bits per heavy atom. The van der Waals surface area contributed by atoms with Crippen LogP contribution >= 0.6 is 0 Å². The lowest BCUT2D eigenvalue weighted by Gasteiger charge is -2.23. The molecule has 1 aliphatic rings. The van der Waals surface area contributed by atoms with Crippen molar-refractivity contribution in [2.75, 3.05) is 6.61 Å². The van der Waals surface area contributed by atoms with Crippen LogP contribution in [0.3, 0.4) is 0 Å². The number of ether oxygens (including phenoxy) is 1. The summed E-state index contributed by atoms with van der Waals surface area (Å²) < 4.78 is 5.33. The van der Waals surface area contributed by atoms with E-state index in [0.29, 0.717) is 6.42 Å². The van der Waals surface area contributed by atoms with Gasteiger partial charge in [-0.25, -0.2) is 4.79 Å². The van der Waals surface area contributed by atoms with E-state index in [1.54, 1.807) is 12.1 Å². The number of rotatable bonds is 2. The molecule has 0 spiro atoms. The molecule has 0 amide bonds. The second kappa shape index (κ2) is 4.37. The summed E-state index contributed by atoms with van der Waals surface area (Å²) in [5.74, 6) is -1.23. The van der Waals surface area contributed by atoms with Gasteiger partial charge < -0.3 is 20.1 Å². The average Bonchev–Trinajstić information content (AvgIpc) is 2.31. The molecule has 5 heteroatoms. The van der Waals surface area contributed by atoms with E-state index in [-0.39, 0.29) is 29.8 Å². The van der Waals surface area contributed by atoms with Crippen LogP contribution in [0, 0.1) is 5.92 Å². The molecule has 0 saturated carbocycles. The van der Waals surface area contributed by atoms with E-state index in [2.05, 4.69) is 0 Å². The van der Waals surface area contributed by atoms with Gasteiger partial charge in [0.2, 0.25) is 5.75 Å². The monoisotopic (exact) mass is 236 g/mol. The van der Waals surface area contributed by atoms with E-state index in [9.17, 15) is 15.0 Å². The van der Waals surface area contributed by atoms with Crippen molar-refractivity contribution in [3.05, 3.63) is 29.8 Å². The van der Waals surface area contributed by atoms with Crippen molar-refractivity contribution in [3.63, 3.8) is 0 Å². The predicted octanol–water partition coefficient (Wildman–Crippen LogP) is 1.29. The summed E-state index contributed by atoms with van der Waals surface area (Å²) in [6.45, 7) is 0.286. The molecule has 1 heterocycles. The summed E-state index contributed by atoms with van der Waals surface area (Å²) in [6.07, 6.45) is 3.22. The summed E-state index contributed by atoms with van der Waals surface area (Å²) in [7, 11) is 0. The van der Waals surface area contributed by atoms with Crippen LogP contribution in [0.5, 0.6) is 17.2 Å². The molecule has 0 fully saturated rings. The van der Waals surface area contributed by atoms with Gasteiger partial charge in [0.15, 0.2) is 11.5 Å². The molecule has 1 aliphatic heterocycles. The van der Waals surface area contributed by atoms with E-state index in [0.717, 1.165) is 11.6 Å². The molecule has 1 unspecified atom stereocenters. The molecule has 1 atom stereocenters. The second-order valence-electron chi connectivity index (χ2n) is 3.89. The number of carboxylic acids is 1. The maximum Gasteiger partial charge on any atom is 0.327 e. The zero-order valence-electron chi connectivity index (χ0n) is 8.96. The first-order chi connectivity index (χ1) is 8.08. The van der Waals surface area contributed by atoms with Crippen LogP contribution in [0.25, 0.3) is 0 Å². The highest BCUT2D eigenvalue weighted by molar-refractivity contribution is 5.79. The third-order valence-electron chi connectivity index (χ3n) is 2.63. The highest BCUT2D eigenvalue weighted by Gasteiger charge is 2.22. The molecular weight excluding hydrogens is 224 g/mol. The maximum atomic E-state index is 10.4. The van der Waals surface area contributed by atoms with Gasteiger partial charge in [-0.15, -0.1) is 0 Å². The average molecular weight is 236 g/mol. The first kappa shape index (κ1) is 11.3. The van der Waals surface area contributed by atoms with E-state index in [1.807, 2.05) is 0 Å². The Balaban J connectivity index is 2.20. The highest BCUT2D eigenvalue weighted by atomic mass is 16.5. The van der Waals surface area contributed by atoms with Crippen LogP contribution in [-0.2, 0) is 11.2 Å². The number of carbonyl (C=O) groups is 1. The van der Waals surface area contributed by atoms with Gasteiger partial charge in [-0.3, -0.25) is 0 Å². The topological polar surface area (TPSA) is 87.0 Å². The first-order valence-corrected chi connectivity index (χ1v) is 5.15. The first-order valence-electron chi connectivity index (χ1n) is 5.15. The van der Waals surface area contributed by atoms with Crippen LogP contribution < -0.4 is 4.74 Å². The van der Waals surface area contributed by atoms with Crippen molar-refractivity contribution in [3.8, 4) is 17.2 Å². The molecule has 1 aromatic carbocycles. The van der Waals surface area contributed by atoms with Gasteiger partial charge >= 0.3 is 5.97 Å². The summed E-state index contributed by atoms with van der Waals surface area (Å²) in [6, 6.07) is 3.05. The number of phenolic OH excluding ortho intramolecular Hbond substituents is 2. The van der Waals surface area contributed by atoms with Crippen LogP contribution in [0.15, 0.2) is 24.3 Å². The zero-order valence-corrected chi connectivity index (χ0v) is 8.96. The fraction of sp³-hybridized carbons (Fsp3) is 0.250. The third kappa shape index (κ3) is 2.33. The van der Waals surface area contributed by atoms with Crippen molar-refractivity contribution in [2.24, 2.45) is 5.92 Å². The lowest BCUT2D eigenvalue weighted by molar-refractivity contribution is -0.131. The summed E-state index contributed by atoms with van der Waals surface area (Å²) in [4.78, 5) is 10.4. The van der Waals surface area contributed by atoms with Gasteiger partial charge in [-0.2, -0.15) is 0 Å². The van der Waals surface area contributed by atoms with Crippen molar-refractivity contribution in [2.45, 2.75) is 6.42 Å². The van der Waals surface area contributed by atoms with E-state index < -0.39 is 5.97 Å². The van der Waals surface area contributed by atoms with Gasteiger partial charge in [0.25, 0.3) is 0 Å². The maximum absolute atomic E-state index is 10.4. The number of carboxylic acid groups (broad SMARTS) is 1. The Hall–Kier alpha value is -2.17. The van der Waals surface area contributed by atoms with Crippen molar-refractivity contribution >= 4 is 5.97 Å². The second-order valence-corrected chi connectivity index (χ2v) is 3.89. The molecule has 2 rings (SSSR count). The fourth-order valence-corrected chi connectivity index (χ4v) is 1.80. The quantitative estimate of drug-likeness (QED) is 0.532. The number of hydrogen-bond donors (Lipinski definition) is 3. The Bertz CT molecular complexity index is 478. The van der Waals surface area contributed by atoms with Gasteiger partial charge in [0.05, 0.1) is 6.61 Å². The smallest absolute Gasteiger partial charge is 0.327 e. The van der Waals surface area contributed by atoms with E-state index >= 15 is 0 Å². The molecule has 0 saturated heterocycles. The lowest BCUT2D eigenvalue weighted by atomic mass is 9.96. The standard InChI is InChI=1S/C12H12O5/c13-9-3-2-8-5-7(1-4-10(14)15)6-17-12(8)11(9)16/h1-4,7,13,16H,5-6H2,(H,14,15)/b4-1+. The molecule has 0 bridgehead atoms. The van der Waals surface area contributed by atoms with E-state index in [1.165, 1.54) is 6.07 Å². The largest absolute Gasteiger partial charge is 0.504 e. The number of aliphatic carboxylic acids is 1. The molecule has 0 aromatic heterocycles. The van der Waals surface area contributed by atoms with Crippen LogP contribution in [-0.4, -0.2) is 27.9 Å². The minimum Gasteiger partial charge on any atom is -0.504 e. The summed E-state index contributed by atoms with van der Waals surface area (Å²) in [5, 5.41) is 27.4. The predicted molar refractivity (Wildman–Crippen MR) is 59.2 cm³/mol. The molecule has 0 aliphatic carbocycles. The highest BCUT2D eigenvalue weighted by Crippen LogP contribution is 2.41. The zero-order chi connectivity index (χ0) is 12.4. The minimum absolute atomic E-state index is 0.0393.